The number of ether oxygens (including phenoxy) is 1. The number of pyridine rings is 1. The molecule has 2 atom stereocenters. The number of aromatic nitrogens is 1. The van der Waals surface area contributed by atoms with Gasteiger partial charge in [0.05, 0.1) is 11.6 Å². The van der Waals surface area contributed by atoms with E-state index in [0.29, 0.717) is 12.3 Å². The number of fused-ring (bicyclic) bond motifs is 1. The lowest BCUT2D eigenvalue weighted by molar-refractivity contribution is 0.0958. The number of hydrogen-bond donors (Lipinski definition) is 0. The van der Waals surface area contributed by atoms with Gasteiger partial charge in [0.2, 0.25) is 0 Å². The molecular weight excluding hydrogens is 204 g/mol. The van der Waals surface area contributed by atoms with Crippen molar-refractivity contribution in [3.63, 3.8) is 0 Å². The molecule has 80 valence electrons. The van der Waals surface area contributed by atoms with Crippen LogP contribution in [0.3, 0.4) is 0 Å². The van der Waals surface area contributed by atoms with Gasteiger partial charge in [-0.15, -0.1) is 0 Å². The average Bonchev–Trinajstić information content (AvgIpc) is 2.90. The molecule has 0 radical (unpaired) electrons. The van der Waals surface area contributed by atoms with Crippen LogP contribution in [0.4, 0.5) is 0 Å². The Labute approximate surface area is 92.8 Å². The van der Waals surface area contributed by atoms with Crippen LogP contribution >= 0.6 is 0 Å². The van der Waals surface area contributed by atoms with Crippen LogP contribution in [0, 0.1) is 0 Å². The zero-order valence-corrected chi connectivity index (χ0v) is 8.54. The lowest BCUT2D eigenvalue weighted by Crippen LogP contribution is -2.25. The monoisotopic (exact) mass is 214 g/mol. The van der Waals surface area contributed by atoms with Gasteiger partial charge >= 0.3 is 0 Å². The SMILES string of the molecule is O=C=C1C=CN2COC(c3cccnc3)C12. The molecule has 0 bridgehead atoms. The lowest BCUT2D eigenvalue weighted by atomic mass is 10.00. The first-order valence-corrected chi connectivity index (χ1v) is 5.10. The summed E-state index contributed by atoms with van der Waals surface area (Å²) < 4.78 is 5.67. The Bertz CT molecular complexity index is 477. The summed E-state index contributed by atoms with van der Waals surface area (Å²) in [5.74, 6) is 1.97. The van der Waals surface area contributed by atoms with Crippen molar-refractivity contribution in [2.75, 3.05) is 6.73 Å². The average molecular weight is 214 g/mol. The van der Waals surface area contributed by atoms with Gasteiger partial charge in [0.1, 0.15) is 18.8 Å². The van der Waals surface area contributed by atoms with Crippen LogP contribution in [0.5, 0.6) is 0 Å². The summed E-state index contributed by atoms with van der Waals surface area (Å²) in [6, 6.07) is 3.79. The maximum Gasteiger partial charge on any atom is 0.130 e. The highest BCUT2D eigenvalue weighted by atomic mass is 16.5. The van der Waals surface area contributed by atoms with Gasteiger partial charge in [0.25, 0.3) is 0 Å². The minimum Gasteiger partial charge on any atom is -0.351 e. The maximum atomic E-state index is 10.8. The van der Waals surface area contributed by atoms with Gasteiger partial charge < -0.3 is 9.64 Å². The molecule has 0 N–H and O–H groups in total. The van der Waals surface area contributed by atoms with Crippen LogP contribution in [0.15, 0.2) is 42.4 Å². The highest BCUT2D eigenvalue weighted by Crippen LogP contribution is 2.37. The van der Waals surface area contributed by atoms with Crippen molar-refractivity contribution >= 4 is 5.94 Å². The molecule has 0 aromatic carbocycles. The number of rotatable bonds is 1. The summed E-state index contributed by atoms with van der Waals surface area (Å²) in [6.45, 7) is 0.506. The van der Waals surface area contributed by atoms with Gasteiger partial charge in [-0.25, -0.2) is 4.79 Å². The van der Waals surface area contributed by atoms with Crippen LogP contribution in [-0.2, 0) is 9.53 Å². The van der Waals surface area contributed by atoms with Crippen molar-refractivity contribution in [2.45, 2.75) is 12.1 Å². The fourth-order valence-corrected chi connectivity index (χ4v) is 2.18. The van der Waals surface area contributed by atoms with E-state index in [1.165, 1.54) is 0 Å². The number of carbonyl (C=O) groups excluding carboxylic acids is 1. The molecule has 2 unspecified atom stereocenters. The van der Waals surface area contributed by atoms with E-state index in [4.69, 9.17) is 4.74 Å². The molecule has 2 aliphatic rings. The molecule has 1 fully saturated rings. The summed E-state index contributed by atoms with van der Waals surface area (Å²) in [5, 5.41) is 0. The van der Waals surface area contributed by atoms with Crippen molar-refractivity contribution in [1.82, 2.24) is 9.88 Å². The molecule has 1 aromatic rings. The molecule has 0 saturated carbocycles. The van der Waals surface area contributed by atoms with E-state index in [1.807, 2.05) is 29.2 Å². The Morgan fingerprint density at radius 1 is 1.56 bits per heavy atom. The Kier molecular flexibility index (Phi) is 2.10. The van der Waals surface area contributed by atoms with Crippen molar-refractivity contribution in [2.24, 2.45) is 0 Å². The summed E-state index contributed by atoms with van der Waals surface area (Å²) >= 11 is 0. The molecule has 2 aliphatic heterocycles. The zero-order chi connectivity index (χ0) is 11.0. The molecule has 0 aliphatic carbocycles. The van der Waals surface area contributed by atoms with E-state index in [1.54, 1.807) is 18.5 Å². The highest BCUT2D eigenvalue weighted by molar-refractivity contribution is 5.62. The second-order valence-corrected chi connectivity index (χ2v) is 3.83. The van der Waals surface area contributed by atoms with Crippen molar-refractivity contribution in [3.05, 3.63) is 47.9 Å². The third kappa shape index (κ3) is 1.28. The molecule has 3 rings (SSSR count). The van der Waals surface area contributed by atoms with Gasteiger partial charge in [-0.3, -0.25) is 4.98 Å². The lowest BCUT2D eigenvalue weighted by Gasteiger charge is -2.18. The Morgan fingerprint density at radius 3 is 3.25 bits per heavy atom. The van der Waals surface area contributed by atoms with Gasteiger partial charge in [-0.1, -0.05) is 6.07 Å². The smallest absolute Gasteiger partial charge is 0.130 e. The molecule has 16 heavy (non-hydrogen) atoms. The van der Waals surface area contributed by atoms with Crippen molar-refractivity contribution in [1.29, 1.82) is 0 Å². The summed E-state index contributed by atoms with van der Waals surface area (Å²) in [6.07, 6.45) is 7.04. The Morgan fingerprint density at radius 2 is 2.50 bits per heavy atom. The number of hydrogen-bond acceptors (Lipinski definition) is 4. The second kappa shape index (κ2) is 3.59. The first-order chi connectivity index (χ1) is 7.90. The molecule has 1 aromatic heterocycles. The Hall–Kier alpha value is -1.90. The van der Waals surface area contributed by atoms with Crippen LogP contribution in [-0.4, -0.2) is 28.6 Å². The van der Waals surface area contributed by atoms with Crippen molar-refractivity contribution < 1.29 is 9.53 Å². The molecular formula is C12H10N2O2. The molecule has 0 amide bonds. The van der Waals surface area contributed by atoms with Crippen LogP contribution in [0.25, 0.3) is 0 Å². The fraction of sp³-hybridized carbons (Fsp3) is 0.250. The third-order valence-corrected chi connectivity index (χ3v) is 2.94. The summed E-state index contributed by atoms with van der Waals surface area (Å²) in [7, 11) is 0. The summed E-state index contributed by atoms with van der Waals surface area (Å²) in [5.41, 5.74) is 1.64. The first kappa shape index (κ1) is 9.33. The van der Waals surface area contributed by atoms with E-state index in [-0.39, 0.29) is 12.1 Å². The van der Waals surface area contributed by atoms with E-state index in [2.05, 4.69) is 4.98 Å². The fourth-order valence-electron chi connectivity index (χ4n) is 2.18. The molecule has 4 heteroatoms. The predicted molar refractivity (Wildman–Crippen MR) is 56.9 cm³/mol. The largest absolute Gasteiger partial charge is 0.351 e. The highest BCUT2D eigenvalue weighted by Gasteiger charge is 2.40. The van der Waals surface area contributed by atoms with Crippen LogP contribution in [0.2, 0.25) is 0 Å². The summed E-state index contributed by atoms with van der Waals surface area (Å²) in [4.78, 5) is 16.9. The molecule has 1 saturated heterocycles. The van der Waals surface area contributed by atoms with Gasteiger partial charge in [0.15, 0.2) is 0 Å². The quantitative estimate of drug-likeness (QED) is 0.656. The molecule has 3 heterocycles. The minimum atomic E-state index is -0.125. The topological polar surface area (TPSA) is 42.4 Å². The van der Waals surface area contributed by atoms with Gasteiger partial charge in [-0.2, -0.15) is 0 Å². The first-order valence-electron chi connectivity index (χ1n) is 5.10. The van der Waals surface area contributed by atoms with Gasteiger partial charge in [-0.05, 0) is 12.1 Å². The zero-order valence-electron chi connectivity index (χ0n) is 8.54. The maximum absolute atomic E-state index is 10.8. The Balaban J connectivity index is 1.97. The number of nitrogens with zero attached hydrogens (tertiary/aromatic N) is 2. The van der Waals surface area contributed by atoms with E-state index < -0.39 is 0 Å². The molecule has 4 nitrogen and oxygen atoms in total. The van der Waals surface area contributed by atoms with E-state index in [9.17, 15) is 4.79 Å². The van der Waals surface area contributed by atoms with Crippen LogP contribution in [0.1, 0.15) is 11.7 Å². The second-order valence-electron chi connectivity index (χ2n) is 3.83. The van der Waals surface area contributed by atoms with E-state index >= 15 is 0 Å². The van der Waals surface area contributed by atoms with Crippen LogP contribution < -0.4 is 0 Å². The van der Waals surface area contributed by atoms with Gasteiger partial charge in [0, 0.05) is 24.2 Å². The van der Waals surface area contributed by atoms with E-state index in [0.717, 1.165) is 5.56 Å². The predicted octanol–water partition coefficient (Wildman–Crippen LogP) is 1.07. The third-order valence-electron chi connectivity index (χ3n) is 2.94. The van der Waals surface area contributed by atoms with Crippen molar-refractivity contribution in [3.8, 4) is 0 Å². The molecule has 0 spiro atoms. The minimum absolute atomic E-state index is 0.0401. The standard InChI is InChI=1S/C12H10N2O2/c15-7-10-3-5-14-8-16-12(11(10)14)9-2-1-4-13-6-9/h1-6,11-12H,8H2. The normalized spacial score (nSPS) is 27.0.